The van der Waals surface area contributed by atoms with Crippen LogP contribution in [-0.4, -0.2) is 5.43 Å². The van der Waals surface area contributed by atoms with Gasteiger partial charge in [-0.1, -0.05) is 97.4 Å². The van der Waals surface area contributed by atoms with E-state index < -0.39 is 0 Å². The molecular weight excluding hydrogens is 540 g/mol. The topological polar surface area (TPSA) is 0 Å². The first-order valence-electron chi connectivity index (χ1n) is 12.7. The van der Waals surface area contributed by atoms with Gasteiger partial charge in [-0.15, -0.1) is 74.3 Å². The third-order valence-electron chi connectivity index (χ3n) is 6.50. The Morgan fingerprint density at radius 1 is 0.514 bits per heavy atom. The summed E-state index contributed by atoms with van der Waals surface area (Å²) in [4.78, 5) is 0. The maximum atomic E-state index is 2.31. The van der Waals surface area contributed by atoms with E-state index in [9.17, 15) is 0 Å². The largest absolute Gasteiger partial charge is 0.165 e. The average molecular weight is 570 g/mol. The van der Waals surface area contributed by atoms with Crippen LogP contribution in [0.2, 0.25) is 13.1 Å². The van der Waals surface area contributed by atoms with Gasteiger partial charge in [-0.25, -0.2) is 0 Å². The Labute approximate surface area is 234 Å². The summed E-state index contributed by atoms with van der Waals surface area (Å²) in [6, 6.07) is 45.5. The van der Waals surface area contributed by atoms with Gasteiger partial charge >= 0.3 is 41.9 Å². The van der Waals surface area contributed by atoms with Gasteiger partial charge < -0.3 is 0 Å². The summed E-state index contributed by atoms with van der Waals surface area (Å²) < 4.78 is 0. The molecule has 0 saturated carbocycles. The van der Waals surface area contributed by atoms with Crippen LogP contribution >= 0.6 is 0 Å². The summed E-state index contributed by atoms with van der Waals surface area (Å²) in [6.07, 6.45) is 0. The van der Waals surface area contributed by atoms with Crippen LogP contribution in [0.15, 0.2) is 127 Å². The zero-order valence-corrected chi connectivity index (χ0v) is 25.1. The number of aryl methyl sites for hydroxylation is 1. The van der Waals surface area contributed by atoms with Crippen LogP contribution < -0.4 is 0 Å². The van der Waals surface area contributed by atoms with Gasteiger partial charge in [0.05, 0.1) is 0 Å². The van der Waals surface area contributed by atoms with Gasteiger partial charge in [0, 0.05) is 0 Å². The molecule has 0 radical (unpaired) electrons. The molecule has 2 heteroatoms. The average Bonchev–Trinajstić information content (AvgIpc) is 3.48. The first-order valence-corrected chi connectivity index (χ1v) is 18.9. The molecule has 0 saturated heterocycles. The minimum absolute atomic E-state index is 0.210. The van der Waals surface area contributed by atoms with Gasteiger partial charge in [0.1, 0.15) is 0 Å². The molecule has 0 aromatic heterocycles. The summed E-state index contributed by atoms with van der Waals surface area (Å²) >= 11 is 1.74. The fourth-order valence-corrected chi connectivity index (χ4v) is 4.98. The van der Waals surface area contributed by atoms with Crippen LogP contribution in [0.1, 0.15) is 5.56 Å². The first kappa shape index (κ1) is 25.6. The van der Waals surface area contributed by atoms with E-state index in [0.717, 1.165) is 0 Å². The third kappa shape index (κ3) is 5.77. The van der Waals surface area contributed by atoms with Gasteiger partial charge in [-0.3, -0.25) is 0 Å². The Kier molecular flexibility index (Phi) is 7.99. The van der Waals surface area contributed by atoms with Crippen LogP contribution in [0, 0.1) is 6.92 Å². The molecular formula is C35H30SiZr. The van der Waals surface area contributed by atoms with Crippen LogP contribution in [0.4, 0.5) is 0 Å². The first-order chi connectivity index (χ1) is 18.0. The van der Waals surface area contributed by atoms with E-state index in [2.05, 4.69) is 147 Å². The summed E-state index contributed by atoms with van der Waals surface area (Å²) in [5.74, 6) is 0. The normalized spacial score (nSPS) is 10.7. The van der Waals surface area contributed by atoms with E-state index in [1.165, 1.54) is 59.8 Å². The van der Waals surface area contributed by atoms with Crippen molar-refractivity contribution in [1.82, 2.24) is 0 Å². The Morgan fingerprint density at radius 3 is 1.59 bits per heavy atom. The van der Waals surface area contributed by atoms with Gasteiger partial charge in [0.15, 0.2) is 0 Å². The molecule has 0 aliphatic carbocycles. The number of benzene rings is 5. The van der Waals surface area contributed by atoms with Crippen molar-refractivity contribution >= 4 is 48.5 Å². The van der Waals surface area contributed by atoms with E-state index in [0.29, 0.717) is 0 Å². The van der Waals surface area contributed by atoms with Crippen LogP contribution in [0.25, 0.3) is 54.2 Å². The molecule has 0 unspecified atom stereocenters. The molecule has 0 amide bonds. The van der Waals surface area contributed by atoms with Crippen molar-refractivity contribution in [2.75, 3.05) is 0 Å². The zero-order valence-electron chi connectivity index (χ0n) is 21.6. The third-order valence-corrected chi connectivity index (χ3v) is 6.50. The Bertz CT molecular complexity index is 1770. The van der Waals surface area contributed by atoms with Crippen molar-refractivity contribution in [3.05, 3.63) is 133 Å². The number of hydrogen-bond acceptors (Lipinski definition) is 0. The molecule has 7 aromatic carbocycles. The maximum absolute atomic E-state index is 2.31. The number of hydrogen-bond donors (Lipinski definition) is 0. The summed E-state index contributed by atoms with van der Waals surface area (Å²) in [5.41, 5.74) is 4.18. The zero-order chi connectivity index (χ0) is 25.8. The Hall–Kier alpha value is -3.06. The van der Waals surface area contributed by atoms with Crippen LogP contribution in [0.5, 0.6) is 0 Å². The van der Waals surface area contributed by atoms with E-state index in [4.69, 9.17) is 0 Å². The van der Waals surface area contributed by atoms with E-state index in [1.807, 2.05) is 0 Å². The molecule has 0 aliphatic rings. The Morgan fingerprint density at radius 2 is 0.946 bits per heavy atom. The van der Waals surface area contributed by atoms with Gasteiger partial charge in [-0.2, -0.15) is 6.07 Å². The second-order valence-electron chi connectivity index (χ2n) is 9.69. The van der Waals surface area contributed by atoms with Crippen molar-refractivity contribution in [2.45, 2.75) is 20.0 Å². The molecule has 0 N–H and O–H groups in total. The summed E-state index contributed by atoms with van der Waals surface area (Å²) in [6.45, 7) is 6.78. The van der Waals surface area contributed by atoms with Crippen molar-refractivity contribution < 1.29 is 23.3 Å². The molecule has 0 aliphatic heterocycles. The molecule has 37 heavy (non-hydrogen) atoms. The van der Waals surface area contributed by atoms with Crippen molar-refractivity contribution in [2.24, 2.45) is 0 Å². The van der Waals surface area contributed by atoms with Crippen molar-refractivity contribution in [1.29, 1.82) is 0 Å². The minimum Gasteiger partial charge on any atom is -0.165 e. The number of rotatable bonds is 1. The van der Waals surface area contributed by atoms with Gasteiger partial charge in [0.2, 0.25) is 0 Å². The van der Waals surface area contributed by atoms with Crippen LogP contribution in [-0.2, 0) is 23.3 Å². The molecule has 178 valence electrons. The Balaban J connectivity index is 0.000000141. The fourth-order valence-electron chi connectivity index (χ4n) is 4.98. The predicted octanol–water partition coefficient (Wildman–Crippen LogP) is 10.2. The molecule has 0 heterocycles. The van der Waals surface area contributed by atoms with Gasteiger partial charge in [0.25, 0.3) is 0 Å². The standard InChI is InChI=1S/C20H15.C13H9.C2H6Si.Zr/c1-14-12-16-8-5-11-19(20(16)13-14)18-10-4-7-15-6-2-3-9-17(15)18;1-3-7-12-10(5-1)9-11-6-2-4-8-13(11)12;1-3-2;/h2-13H,1H3;1-9H;1-2H3;/q2*-1;;+2. The van der Waals surface area contributed by atoms with E-state index in [-0.39, 0.29) is 5.43 Å². The van der Waals surface area contributed by atoms with E-state index >= 15 is 0 Å². The minimum atomic E-state index is 0.210. The SMILES string of the molecule is C[Si](C)=[Zr+2].Cc1cc2c(-c3cccc4ccccc34)cccc2[cH-]1.c1ccc2c(c1)[cH-]c1ccccc12. The molecule has 7 rings (SSSR count). The number of fused-ring (bicyclic) bond motifs is 5. The second-order valence-corrected chi connectivity index (χ2v) is 19.1. The quantitative estimate of drug-likeness (QED) is 0.136. The summed E-state index contributed by atoms with van der Waals surface area (Å²) in [7, 11) is 0. The predicted molar refractivity (Wildman–Crippen MR) is 162 cm³/mol. The second kappa shape index (κ2) is 11.5. The fraction of sp³-hybridized carbons (Fsp3) is 0.0857. The smallest absolute Gasteiger partial charge is 0.0114 e. The molecule has 0 atom stereocenters. The van der Waals surface area contributed by atoms with E-state index in [1.54, 1.807) is 23.3 Å². The van der Waals surface area contributed by atoms with Crippen molar-refractivity contribution in [3.63, 3.8) is 0 Å². The molecule has 0 spiro atoms. The van der Waals surface area contributed by atoms with Crippen molar-refractivity contribution in [3.8, 4) is 11.1 Å². The molecule has 0 bridgehead atoms. The molecule has 7 aromatic rings. The van der Waals surface area contributed by atoms with Gasteiger partial charge in [-0.05, 0) is 16.3 Å². The summed E-state index contributed by atoms with van der Waals surface area (Å²) in [5, 5.41) is 10.7. The molecule has 0 fully saturated rings. The van der Waals surface area contributed by atoms with Crippen LogP contribution in [0.3, 0.4) is 0 Å². The molecule has 0 nitrogen and oxygen atoms in total. The monoisotopic (exact) mass is 568 g/mol. The maximum Gasteiger partial charge on any atom is -0.0114 e.